The van der Waals surface area contributed by atoms with Crippen LogP contribution in [0.5, 0.6) is 0 Å². The van der Waals surface area contributed by atoms with Crippen molar-refractivity contribution in [2.75, 3.05) is 0 Å². The average molecular weight is 217 g/mol. The van der Waals surface area contributed by atoms with E-state index in [2.05, 4.69) is 5.32 Å². The van der Waals surface area contributed by atoms with Crippen molar-refractivity contribution < 1.29 is 22.8 Å². The number of rotatable bonds is 0. The second-order valence-corrected chi connectivity index (χ2v) is 3.39. The Kier molecular flexibility index (Phi) is 1.95. The quantitative estimate of drug-likeness (QED) is 0.617. The zero-order chi connectivity index (χ0) is 11.2. The summed E-state index contributed by atoms with van der Waals surface area (Å²) < 4.78 is 36.9. The second-order valence-electron chi connectivity index (χ2n) is 3.39. The molecule has 1 fully saturated rings. The molecular formula is C9H6F3NO2. The normalized spacial score (nSPS) is 25.7. The van der Waals surface area contributed by atoms with Gasteiger partial charge in [0.1, 0.15) is 0 Å². The zero-order valence-corrected chi connectivity index (χ0v) is 7.39. The maximum atomic E-state index is 12.3. The lowest BCUT2D eigenvalue weighted by atomic mass is 9.90. The fraction of sp³-hybridized carbons (Fsp3) is 0.333. The Bertz CT molecular complexity index is 406. The molecule has 0 aromatic heterocycles. The molecule has 0 aromatic carbocycles. The first-order valence-electron chi connectivity index (χ1n) is 4.23. The summed E-state index contributed by atoms with van der Waals surface area (Å²) in [6.45, 7) is 0. The van der Waals surface area contributed by atoms with E-state index in [4.69, 9.17) is 0 Å². The summed E-state index contributed by atoms with van der Waals surface area (Å²) in [6.07, 6.45) is -2.86. The van der Waals surface area contributed by atoms with Crippen LogP contribution >= 0.6 is 0 Å². The van der Waals surface area contributed by atoms with E-state index in [9.17, 15) is 22.8 Å². The number of Topliss-reactive ketones (excluding diaryl/α,β-unsaturated/α-hetero) is 1. The Morgan fingerprint density at radius 3 is 2.53 bits per heavy atom. The lowest BCUT2D eigenvalue weighted by Crippen LogP contribution is -2.22. The molecule has 3 nitrogen and oxygen atoms in total. The van der Waals surface area contributed by atoms with E-state index in [0.717, 1.165) is 12.2 Å². The number of carbonyl (C=O) groups excluding carboxylic acids is 2. The molecule has 2 rings (SSSR count). The lowest BCUT2D eigenvalue weighted by Gasteiger charge is -2.18. The first-order chi connectivity index (χ1) is 6.89. The number of hydrogen-bond donors (Lipinski definition) is 1. The Hall–Kier alpha value is -1.59. The monoisotopic (exact) mass is 217 g/mol. The molecule has 0 spiro atoms. The van der Waals surface area contributed by atoms with E-state index < -0.39 is 35.8 Å². The van der Waals surface area contributed by atoms with Crippen molar-refractivity contribution in [3.05, 3.63) is 23.4 Å². The molecule has 6 heteroatoms. The Morgan fingerprint density at radius 2 is 1.93 bits per heavy atom. The Balaban J connectivity index is 2.30. The fourth-order valence-corrected chi connectivity index (χ4v) is 1.63. The van der Waals surface area contributed by atoms with E-state index in [1.165, 1.54) is 0 Å². The number of fused-ring (bicyclic) bond motifs is 1. The van der Waals surface area contributed by atoms with Gasteiger partial charge in [-0.05, 0) is 12.5 Å². The van der Waals surface area contributed by atoms with Crippen molar-refractivity contribution in [3.63, 3.8) is 0 Å². The first-order valence-corrected chi connectivity index (χ1v) is 4.23. The van der Waals surface area contributed by atoms with Gasteiger partial charge in [-0.2, -0.15) is 13.2 Å². The van der Waals surface area contributed by atoms with Gasteiger partial charge in [0.15, 0.2) is 0 Å². The molecule has 1 N–H and O–H groups in total. The van der Waals surface area contributed by atoms with Gasteiger partial charge in [0.25, 0.3) is 5.91 Å². The highest BCUT2D eigenvalue weighted by molar-refractivity contribution is 6.40. The molecule has 1 atom stereocenters. The number of hydrogen-bond acceptors (Lipinski definition) is 2. The van der Waals surface area contributed by atoms with Crippen LogP contribution in [0.4, 0.5) is 13.2 Å². The molecule has 1 saturated heterocycles. The minimum absolute atomic E-state index is 0.262. The Morgan fingerprint density at radius 1 is 1.27 bits per heavy atom. The van der Waals surface area contributed by atoms with Crippen LogP contribution in [0.15, 0.2) is 23.4 Å². The highest BCUT2D eigenvalue weighted by Crippen LogP contribution is 2.37. The minimum atomic E-state index is -4.44. The van der Waals surface area contributed by atoms with E-state index in [-0.39, 0.29) is 5.70 Å². The predicted molar refractivity (Wildman–Crippen MR) is 43.5 cm³/mol. The maximum Gasteiger partial charge on any atom is 0.412 e. The number of carbonyl (C=O) groups is 2. The molecule has 0 aromatic rings. The fourth-order valence-electron chi connectivity index (χ4n) is 1.63. The van der Waals surface area contributed by atoms with Crippen LogP contribution in [-0.2, 0) is 9.59 Å². The van der Waals surface area contributed by atoms with Gasteiger partial charge in [-0.25, -0.2) is 0 Å². The topological polar surface area (TPSA) is 46.2 Å². The first kappa shape index (κ1) is 9.95. The zero-order valence-electron chi connectivity index (χ0n) is 7.39. The van der Waals surface area contributed by atoms with E-state index in [1.54, 1.807) is 0 Å². The number of nitrogens with one attached hydrogen (secondary N) is 1. The molecule has 80 valence electrons. The number of allylic oxidation sites excluding steroid dienone is 4. The highest BCUT2D eigenvalue weighted by atomic mass is 19.4. The van der Waals surface area contributed by atoms with Crippen molar-refractivity contribution >= 4 is 11.7 Å². The third kappa shape index (κ3) is 1.55. The van der Waals surface area contributed by atoms with Gasteiger partial charge in [-0.15, -0.1) is 0 Å². The van der Waals surface area contributed by atoms with Gasteiger partial charge in [0.2, 0.25) is 5.78 Å². The van der Waals surface area contributed by atoms with Gasteiger partial charge in [-0.3, -0.25) is 9.59 Å². The van der Waals surface area contributed by atoms with Crippen LogP contribution in [0.2, 0.25) is 0 Å². The SMILES string of the molecule is O=C1NC2=CC=C(C(F)(F)F)CC2C1=O. The number of amides is 1. The van der Waals surface area contributed by atoms with Crippen molar-refractivity contribution in [1.82, 2.24) is 5.32 Å². The van der Waals surface area contributed by atoms with Crippen LogP contribution in [0.25, 0.3) is 0 Å². The summed E-state index contributed by atoms with van der Waals surface area (Å²) in [6, 6.07) is 0. The van der Waals surface area contributed by atoms with Crippen LogP contribution in [0.3, 0.4) is 0 Å². The summed E-state index contributed by atoms with van der Waals surface area (Å²) in [7, 11) is 0. The maximum absolute atomic E-state index is 12.3. The molecule has 15 heavy (non-hydrogen) atoms. The third-order valence-corrected chi connectivity index (χ3v) is 2.43. The van der Waals surface area contributed by atoms with E-state index in [0.29, 0.717) is 0 Å². The van der Waals surface area contributed by atoms with Crippen molar-refractivity contribution in [1.29, 1.82) is 0 Å². The molecule has 0 radical (unpaired) electrons. The highest BCUT2D eigenvalue weighted by Gasteiger charge is 2.44. The van der Waals surface area contributed by atoms with Crippen molar-refractivity contribution in [2.24, 2.45) is 5.92 Å². The minimum Gasteiger partial charge on any atom is -0.322 e. The standard InChI is InChI=1S/C9H6F3NO2/c10-9(11,12)4-1-2-6-5(3-4)7(14)8(15)13-6/h1-2,5H,3H2,(H,13,15). The molecule has 1 aliphatic carbocycles. The van der Waals surface area contributed by atoms with Crippen LogP contribution in [0.1, 0.15) is 6.42 Å². The average Bonchev–Trinajstić information content (AvgIpc) is 2.41. The summed E-state index contributed by atoms with van der Waals surface area (Å²) in [5, 5.41) is 2.24. The summed E-state index contributed by atoms with van der Waals surface area (Å²) in [5.41, 5.74) is -0.515. The number of ketones is 1. The van der Waals surface area contributed by atoms with Gasteiger partial charge in [0, 0.05) is 11.3 Å². The number of halogens is 3. The molecule has 1 unspecified atom stereocenters. The summed E-state index contributed by atoms with van der Waals surface area (Å²) in [5.74, 6) is -2.60. The van der Waals surface area contributed by atoms with Gasteiger partial charge in [-0.1, -0.05) is 6.08 Å². The Labute approximate surface area is 82.6 Å². The molecule has 1 heterocycles. The second kappa shape index (κ2) is 2.95. The van der Waals surface area contributed by atoms with Gasteiger partial charge < -0.3 is 5.32 Å². The van der Waals surface area contributed by atoms with Crippen LogP contribution in [0, 0.1) is 5.92 Å². The molecule has 1 amide bonds. The predicted octanol–water partition coefficient (Wildman–Crippen LogP) is 1.08. The summed E-state index contributed by atoms with van der Waals surface area (Å²) >= 11 is 0. The van der Waals surface area contributed by atoms with E-state index in [1.807, 2.05) is 0 Å². The van der Waals surface area contributed by atoms with Gasteiger partial charge in [0.05, 0.1) is 5.92 Å². The van der Waals surface area contributed by atoms with E-state index >= 15 is 0 Å². The van der Waals surface area contributed by atoms with Crippen molar-refractivity contribution in [3.8, 4) is 0 Å². The molecular weight excluding hydrogens is 211 g/mol. The molecule has 0 saturated carbocycles. The third-order valence-electron chi connectivity index (χ3n) is 2.43. The lowest BCUT2D eigenvalue weighted by molar-refractivity contribution is -0.136. The summed E-state index contributed by atoms with van der Waals surface area (Å²) in [4.78, 5) is 22.1. The number of alkyl halides is 3. The molecule has 2 aliphatic rings. The van der Waals surface area contributed by atoms with Crippen molar-refractivity contribution in [2.45, 2.75) is 12.6 Å². The molecule has 1 aliphatic heterocycles. The van der Waals surface area contributed by atoms with Gasteiger partial charge >= 0.3 is 6.18 Å². The van der Waals surface area contributed by atoms with Crippen LogP contribution in [-0.4, -0.2) is 17.9 Å². The smallest absolute Gasteiger partial charge is 0.322 e. The van der Waals surface area contributed by atoms with Crippen LogP contribution < -0.4 is 5.32 Å². The largest absolute Gasteiger partial charge is 0.412 e. The molecule has 0 bridgehead atoms.